The van der Waals surface area contributed by atoms with E-state index < -0.39 is 0 Å². The number of aliphatic imine (C=N–C) groups is 1. The Bertz CT molecular complexity index is 1120. The Hall–Kier alpha value is -3.93. The smallest absolute Gasteiger partial charge is 0.207 e. The zero-order chi connectivity index (χ0) is 27.8. The summed E-state index contributed by atoms with van der Waals surface area (Å²) in [6.45, 7) is 19.1. The zero-order valence-corrected chi connectivity index (χ0v) is 23.5. The highest BCUT2D eigenvalue weighted by Crippen LogP contribution is 2.20. The number of carbonyl (C=O) groups is 1. The lowest BCUT2D eigenvalue weighted by molar-refractivity contribution is -0.109. The number of allylic oxidation sites excluding steroid dienone is 2. The molecule has 0 saturated heterocycles. The SMILES string of the molecule is C=C(C)/C=C(\N=CC)N(CCCN(/N=C(\C)c1ccc(CCC)cc1)C(=C)c1ccccc1)CCNC=O. The van der Waals surface area contributed by atoms with Gasteiger partial charge in [-0.1, -0.05) is 86.7 Å². The molecule has 2 rings (SSSR count). The second-order valence-corrected chi connectivity index (χ2v) is 9.22. The topological polar surface area (TPSA) is 60.3 Å². The summed E-state index contributed by atoms with van der Waals surface area (Å²) in [5.41, 5.74) is 6.19. The van der Waals surface area contributed by atoms with Crippen LogP contribution in [0.15, 0.2) is 95.3 Å². The van der Waals surface area contributed by atoms with Crippen molar-refractivity contribution in [2.75, 3.05) is 26.2 Å². The number of hydrazone groups is 1. The first-order valence-electron chi connectivity index (χ1n) is 13.3. The largest absolute Gasteiger partial charge is 0.357 e. The number of hydrogen-bond acceptors (Lipinski definition) is 5. The van der Waals surface area contributed by atoms with Gasteiger partial charge in [0.1, 0.15) is 5.82 Å². The van der Waals surface area contributed by atoms with Crippen LogP contribution in [0.2, 0.25) is 0 Å². The molecular weight excluding hydrogens is 470 g/mol. The molecule has 0 unspecified atom stereocenters. The molecule has 6 heteroatoms. The number of carbonyl (C=O) groups excluding carboxylic acids is 1. The Balaban J connectivity index is 2.27. The Labute approximate surface area is 229 Å². The molecule has 0 aliphatic carbocycles. The molecule has 0 bridgehead atoms. The van der Waals surface area contributed by atoms with E-state index in [0.29, 0.717) is 19.6 Å². The number of nitrogens with one attached hydrogen (secondary N) is 1. The van der Waals surface area contributed by atoms with Gasteiger partial charge in [0.25, 0.3) is 0 Å². The van der Waals surface area contributed by atoms with Crippen molar-refractivity contribution in [2.24, 2.45) is 10.1 Å². The van der Waals surface area contributed by atoms with Crippen LogP contribution in [0, 0.1) is 0 Å². The zero-order valence-electron chi connectivity index (χ0n) is 23.5. The van der Waals surface area contributed by atoms with Crippen LogP contribution in [0.1, 0.15) is 57.2 Å². The fourth-order valence-corrected chi connectivity index (χ4v) is 4.04. The van der Waals surface area contributed by atoms with E-state index in [-0.39, 0.29) is 0 Å². The Morgan fingerprint density at radius 1 is 0.974 bits per heavy atom. The van der Waals surface area contributed by atoms with Crippen LogP contribution in [-0.2, 0) is 11.2 Å². The van der Waals surface area contributed by atoms with Gasteiger partial charge in [0.05, 0.1) is 11.4 Å². The van der Waals surface area contributed by atoms with Crippen LogP contribution in [0.5, 0.6) is 0 Å². The standard InChI is InChI=1S/C32H43N5O/c1-7-13-29-16-18-30(19-17-29)27(5)35-37(28(6)31-14-10-9-11-15-31)22-12-21-36(23-20-33-25-38)32(34-8-2)24-26(3)4/h8-11,14-19,24-25H,3,6-7,12-13,20-23H2,1-2,4-5H3,(H,33,38)/b32-24+,34-8?,35-27+. The highest BCUT2D eigenvalue weighted by molar-refractivity contribution is 5.98. The van der Waals surface area contributed by atoms with E-state index in [0.717, 1.165) is 66.1 Å². The predicted octanol–water partition coefficient (Wildman–Crippen LogP) is 6.28. The molecule has 38 heavy (non-hydrogen) atoms. The van der Waals surface area contributed by atoms with E-state index in [1.165, 1.54) is 5.56 Å². The molecule has 1 N–H and O–H groups in total. The van der Waals surface area contributed by atoms with E-state index in [4.69, 9.17) is 5.10 Å². The molecule has 0 radical (unpaired) electrons. The van der Waals surface area contributed by atoms with Gasteiger partial charge in [-0.3, -0.25) is 9.80 Å². The van der Waals surface area contributed by atoms with Crippen molar-refractivity contribution in [3.63, 3.8) is 0 Å². The molecule has 202 valence electrons. The number of aryl methyl sites for hydroxylation is 1. The summed E-state index contributed by atoms with van der Waals surface area (Å²) in [7, 11) is 0. The van der Waals surface area contributed by atoms with E-state index in [1.54, 1.807) is 6.21 Å². The third-order valence-corrected chi connectivity index (χ3v) is 5.97. The van der Waals surface area contributed by atoms with Gasteiger partial charge >= 0.3 is 0 Å². The fourth-order valence-electron chi connectivity index (χ4n) is 4.04. The summed E-state index contributed by atoms with van der Waals surface area (Å²) in [5.74, 6) is 0.827. The Kier molecular flexibility index (Phi) is 13.3. The average molecular weight is 514 g/mol. The number of rotatable bonds is 17. The van der Waals surface area contributed by atoms with Crippen LogP contribution < -0.4 is 5.32 Å². The minimum absolute atomic E-state index is 0.530. The molecule has 0 aromatic heterocycles. The lowest BCUT2D eigenvalue weighted by atomic mass is 10.1. The first-order chi connectivity index (χ1) is 18.4. The van der Waals surface area contributed by atoms with Crippen LogP contribution >= 0.6 is 0 Å². The van der Waals surface area contributed by atoms with Crippen LogP contribution in [0.25, 0.3) is 5.70 Å². The fraction of sp³-hybridized carbons (Fsp3) is 0.344. The molecule has 2 aromatic carbocycles. The van der Waals surface area contributed by atoms with Crippen molar-refractivity contribution >= 4 is 24.0 Å². The van der Waals surface area contributed by atoms with Gasteiger partial charge in [0.15, 0.2) is 0 Å². The number of benzene rings is 2. The van der Waals surface area contributed by atoms with Crippen LogP contribution in [0.4, 0.5) is 0 Å². The molecular formula is C32H43N5O. The highest BCUT2D eigenvalue weighted by Gasteiger charge is 2.13. The van der Waals surface area contributed by atoms with E-state index in [9.17, 15) is 4.79 Å². The Morgan fingerprint density at radius 2 is 1.68 bits per heavy atom. The summed E-state index contributed by atoms with van der Waals surface area (Å²) < 4.78 is 0. The summed E-state index contributed by atoms with van der Waals surface area (Å²) in [6.07, 6.45) is 7.49. The van der Waals surface area contributed by atoms with Gasteiger partial charge in [0.2, 0.25) is 6.41 Å². The van der Waals surface area contributed by atoms with Gasteiger partial charge < -0.3 is 10.2 Å². The van der Waals surface area contributed by atoms with Gasteiger partial charge in [0, 0.05) is 32.4 Å². The first kappa shape index (κ1) is 30.3. The van der Waals surface area contributed by atoms with Crippen LogP contribution in [0.3, 0.4) is 0 Å². The van der Waals surface area contributed by atoms with Gasteiger partial charge in [-0.15, -0.1) is 0 Å². The van der Waals surface area contributed by atoms with Gasteiger partial charge in [-0.05, 0) is 56.4 Å². The number of amides is 1. The summed E-state index contributed by atoms with van der Waals surface area (Å²) in [4.78, 5) is 17.5. The van der Waals surface area contributed by atoms with E-state index in [1.807, 2.05) is 50.1 Å². The summed E-state index contributed by atoms with van der Waals surface area (Å²) >= 11 is 0. The van der Waals surface area contributed by atoms with Crippen molar-refractivity contribution < 1.29 is 4.79 Å². The molecule has 0 aliphatic rings. The molecule has 0 aliphatic heterocycles. The first-order valence-corrected chi connectivity index (χ1v) is 13.3. The van der Waals surface area contributed by atoms with Gasteiger partial charge in [-0.25, -0.2) is 4.99 Å². The normalized spacial score (nSPS) is 11.9. The minimum Gasteiger partial charge on any atom is -0.357 e. The van der Waals surface area contributed by atoms with E-state index >= 15 is 0 Å². The van der Waals surface area contributed by atoms with Crippen molar-refractivity contribution in [1.29, 1.82) is 0 Å². The van der Waals surface area contributed by atoms with Crippen molar-refractivity contribution in [1.82, 2.24) is 15.2 Å². The van der Waals surface area contributed by atoms with E-state index in [2.05, 4.69) is 71.7 Å². The molecule has 0 spiro atoms. The quantitative estimate of drug-likeness (QED) is 0.0890. The third-order valence-electron chi connectivity index (χ3n) is 5.97. The number of nitrogens with zero attached hydrogens (tertiary/aromatic N) is 4. The second kappa shape index (κ2) is 16.7. The van der Waals surface area contributed by atoms with Crippen molar-refractivity contribution in [3.05, 3.63) is 102 Å². The lowest BCUT2D eigenvalue weighted by Crippen LogP contribution is -2.33. The molecule has 2 aromatic rings. The maximum absolute atomic E-state index is 10.8. The summed E-state index contributed by atoms with van der Waals surface area (Å²) in [5, 5.41) is 9.77. The molecule has 0 atom stereocenters. The molecule has 6 nitrogen and oxygen atoms in total. The van der Waals surface area contributed by atoms with Crippen molar-refractivity contribution in [2.45, 2.75) is 47.0 Å². The number of hydrogen-bond donors (Lipinski definition) is 1. The lowest BCUT2D eigenvalue weighted by Gasteiger charge is -2.27. The molecule has 0 saturated carbocycles. The van der Waals surface area contributed by atoms with Crippen LogP contribution in [-0.4, -0.2) is 54.4 Å². The summed E-state index contributed by atoms with van der Waals surface area (Å²) in [6, 6.07) is 18.8. The Morgan fingerprint density at radius 3 is 2.29 bits per heavy atom. The molecule has 0 fully saturated rings. The maximum Gasteiger partial charge on any atom is 0.207 e. The predicted molar refractivity (Wildman–Crippen MR) is 162 cm³/mol. The highest BCUT2D eigenvalue weighted by atomic mass is 16.1. The second-order valence-electron chi connectivity index (χ2n) is 9.22. The third kappa shape index (κ3) is 10.2. The molecule has 1 amide bonds. The average Bonchev–Trinajstić information content (AvgIpc) is 2.92. The maximum atomic E-state index is 10.8. The monoisotopic (exact) mass is 513 g/mol. The van der Waals surface area contributed by atoms with Crippen molar-refractivity contribution in [3.8, 4) is 0 Å². The van der Waals surface area contributed by atoms with Gasteiger partial charge in [-0.2, -0.15) is 5.10 Å². The minimum atomic E-state index is 0.530. The molecule has 0 heterocycles.